The van der Waals surface area contributed by atoms with Crippen LogP contribution in [0.5, 0.6) is 11.5 Å². The number of unbranched alkanes of at least 4 members (excludes halogenated alkanes) is 6. The molecule has 1 unspecified atom stereocenters. The van der Waals surface area contributed by atoms with E-state index >= 15 is 0 Å². The number of halogens is 2. The van der Waals surface area contributed by atoms with Gasteiger partial charge in [0.2, 0.25) is 0 Å². The van der Waals surface area contributed by atoms with Gasteiger partial charge in [-0.05, 0) is 74.3 Å². The number of hydrogen-bond donors (Lipinski definition) is 0. The number of hydrogen-bond acceptors (Lipinski definition) is 3. The van der Waals surface area contributed by atoms with E-state index in [0.29, 0.717) is 18.1 Å². The van der Waals surface area contributed by atoms with E-state index in [9.17, 15) is 13.6 Å². The maximum Gasteiger partial charge on any atom is 0.346 e. The summed E-state index contributed by atoms with van der Waals surface area (Å²) in [5.41, 5.74) is 1.09. The zero-order valence-electron chi connectivity index (χ0n) is 21.7. The Kier molecular flexibility index (Phi) is 12.2. The van der Waals surface area contributed by atoms with Crippen molar-refractivity contribution in [3.63, 3.8) is 0 Å². The van der Waals surface area contributed by atoms with Crippen molar-refractivity contribution in [1.82, 2.24) is 0 Å². The van der Waals surface area contributed by atoms with E-state index in [-0.39, 0.29) is 24.3 Å². The van der Waals surface area contributed by atoms with Crippen molar-refractivity contribution in [2.75, 3.05) is 6.61 Å². The molecule has 0 aliphatic heterocycles. The van der Waals surface area contributed by atoms with Crippen LogP contribution in [-0.2, 0) is 0 Å². The van der Waals surface area contributed by atoms with Crippen molar-refractivity contribution in [1.29, 1.82) is 0 Å². The molecule has 36 heavy (non-hydrogen) atoms. The van der Waals surface area contributed by atoms with Crippen molar-refractivity contribution in [3.05, 3.63) is 65.8 Å². The number of carbonyl (C=O) groups is 1. The smallest absolute Gasteiger partial charge is 0.346 e. The zero-order chi connectivity index (χ0) is 25.6. The van der Waals surface area contributed by atoms with E-state index in [1.54, 1.807) is 12.1 Å². The molecule has 1 radical (unpaired) electrons. The predicted octanol–water partition coefficient (Wildman–Crippen LogP) is 9.15. The Morgan fingerprint density at radius 3 is 2.28 bits per heavy atom. The number of benzene rings is 2. The van der Waals surface area contributed by atoms with Gasteiger partial charge in [-0.2, -0.15) is 0 Å². The summed E-state index contributed by atoms with van der Waals surface area (Å²) in [4.78, 5) is 12.5. The minimum absolute atomic E-state index is 0.156. The lowest BCUT2D eigenvalue weighted by Gasteiger charge is -2.21. The van der Waals surface area contributed by atoms with Gasteiger partial charge in [-0.15, -0.1) is 0 Å². The molecule has 0 N–H and O–H groups in total. The summed E-state index contributed by atoms with van der Waals surface area (Å²) >= 11 is 0. The molecule has 0 heterocycles. The van der Waals surface area contributed by atoms with Crippen molar-refractivity contribution < 1.29 is 23.0 Å². The minimum atomic E-state index is -0.914. The Bertz CT molecular complexity index is 907. The van der Waals surface area contributed by atoms with Crippen molar-refractivity contribution in [2.45, 2.75) is 102 Å². The monoisotopic (exact) mass is 499 g/mol. The Balaban J connectivity index is 1.38. The second-order valence-corrected chi connectivity index (χ2v) is 9.88. The summed E-state index contributed by atoms with van der Waals surface area (Å²) in [7, 11) is 0. The van der Waals surface area contributed by atoms with Crippen LogP contribution in [0.15, 0.2) is 42.5 Å². The molecule has 0 amide bonds. The first-order chi connectivity index (χ1) is 17.6. The molecule has 0 spiro atoms. The number of carbonyl (C=O) groups excluding carboxylic acids is 1. The van der Waals surface area contributed by atoms with Gasteiger partial charge in [-0.1, -0.05) is 64.0 Å². The number of rotatable bonds is 15. The van der Waals surface area contributed by atoms with Crippen molar-refractivity contribution in [2.24, 2.45) is 0 Å². The predicted molar refractivity (Wildman–Crippen MR) is 141 cm³/mol. The summed E-state index contributed by atoms with van der Waals surface area (Å²) in [6, 6.07) is 11.5. The van der Waals surface area contributed by atoms with Crippen LogP contribution in [0.25, 0.3) is 0 Å². The van der Waals surface area contributed by atoms with Crippen LogP contribution in [-0.4, -0.2) is 18.7 Å². The van der Waals surface area contributed by atoms with Gasteiger partial charge in [-0.25, -0.2) is 13.6 Å². The SMILES string of the molecule is CCCCCCCCCC(F)CCOc1ccc(C(=O)Oc2ccc(C3CC[CH]CC3)cc2)c(F)c1. The van der Waals surface area contributed by atoms with Gasteiger partial charge in [0.1, 0.15) is 23.5 Å². The molecule has 5 heteroatoms. The molecule has 1 saturated carbocycles. The van der Waals surface area contributed by atoms with Crippen molar-refractivity contribution >= 4 is 5.97 Å². The first-order valence-electron chi connectivity index (χ1n) is 13.8. The van der Waals surface area contributed by atoms with Crippen LogP contribution in [0.1, 0.15) is 112 Å². The molecular formula is C31H41F2O3. The number of alkyl halides is 1. The van der Waals surface area contributed by atoms with Gasteiger partial charge in [-0.3, -0.25) is 0 Å². The van der Waals surface area contributed by atoms with Crippen LogP contribution in [0.3, 0.4) is 0 Å². The number of esters is 1. The minimum Gasteiger partial charge on any atom is -0.493 e. The van der Waals surface area contributed by atoms with E-state index in [1.807, 2.05) is 12.1 Å². The van der Waals surface area contributed by atoms with Gasteiger partial charge < -0.3 is 9.47 Å². The van der Waals surface area contributed by atoms with Gasteiger partial charge in [0.15, 0.2) is 0 Å². The second-order valence-electron chi connectivity index (χ2n) is 9.88. The van der Waals surface area contributed by atoms with Crippen molar-refractivity contribution in [3.8, 4) is 11.5 Å². The van der Waals surface area contributed by atoms with Gasteiger partial charge in [0.05, 0.1) is 12.2 Å². The highest BCUT2D eigenvalue weighted by Crippen LogP contribution is 2.33. The van der Waals surface area contributed by atoms with Gasteiger partial charge in [0, 0.05) is 12.5 Å². The highest BCUT2D eigenvalue weighted by molar-refractivity contribution is 5.91. The highest BCUT2D eigenvalue weighted by Gasteiger charge is 2.18. The molecule has 3 nitrogen and oxygen atoms in total. The standard InChI is InChI=1S/C31H41F2O3/c1-2-3-4-5-6-7-11-14-26(32)21-22-35-28-19-20-29(30(33)23-28)31(34)36-27-17-15-25(16-18-27)24-12-9-8-10-13-24/h8,15-20,23-24,26H,2-7,9-14,21-22H2,1H3. The summed E-state index contributed by atoms with van der Waals surface area (Å²) in [5, 5.41) is 0. The first kappa shape index (κ1) is 28.1. The normalized spacial score (nSPS) is 15.0. The molecule has 0 bridgehead atoms. The Morgan fingerprint density at radius 1 is 0.917 bits per heavy atom. The maximum atomic E-state index is 14.6. The van der Waals surface area contributed by atoms with E-state index in [2.05, 4.69) is 13.3 Å². The van der Waals surface area contributed by atoms with E-state index in [0.717, 1.165) is 44.6 Å². The highest BCUT2D eigenvalue weighted by atomic mass is 19.1. The molecule has 1 atom stereocenters. The largest absolute Gasteiger partial charge is 0.493 e. The Morgan fingerprint density at radius 2 is 1.58 bits per heavy atom. The third-order valence-electron chi connectivity index (χ3n) is 6.98. The topological polar surface area (TPSA) is 35.5 Å². The summed E-state index contributed by atoms with van der Waals surface area (Å²) in [5.74, 6) is -0.259. The van der Waals surface area contributed by atoms with Crippen LogP contribution >= 0.6 is 0 Å². The summed E-state index contributed by atoms with van der Waals surface area (Å²) < 4.78 is 39.6. The fourth-order valence-electron chi connectivity index (χ4n) is 4.75. The average molecular weight is 500 g/mol. The third kappa shape index (κ3) is 9.55. The van der Waals surface area contributed by atoms with Crippen LogP contribution in [0, 0.1) is 12.2 Å². The molecule has 197 valence electrons. The Labute approximate surface area is 215 Å². The van der Waals surface area contributed by atoms with Crippen LogP contribution < -0.4 is 9.47 Å². The van der Waals surface area contributed by atoms with E-state index in [1.165, 1.54) is 49.8 Å². The van der Waals surface area contributed by atoms with Gasteiger partial charge in [0.25, 0.3) is 0 Å². The fraction of sp³-hybridized carbons (Fsp3) is 0.548. The molecule has 1 aliphatic rings. The zero-order valence-corrected chi connectivity index (χ0v) is 21.7. The lowest BCUT2D eigenvalue weighted by molar-refractivity contribution is 0.0730. The lowest BCUT2D eigenvalue weighted by Crippen LogP contribution is -2.12. The van der Waals surface area contributed by atoms with Gasteiger partial charge >= 0.3 is 5.97 Å². The number of ether oxygens (including phenoxy) is 2. The lowest BCUT2D eigenvalue weighted by atomic mass is 9.84. The molecule has 3 rings (SSSR count). The molecule has 2 aromatic carbocycles. The molecule has 2 aromatic rings. The molecular weight excluding hydrogens is 458 g/mol. The average Bonchev–Trinajstić information content (AvgIpc) is 2.89. The molecule has 1 fully saturated rings. The summed E-state index contributed by atoms with van der Waals surface area (Å²) in [6.45, 7) is 2.37. The second kappa shape index (κ2) is 15.6. The molecule has 1 aliphatic carbocycles. The molecule has 0 aromatic heterocycles. The van der Waals surface area contributed by atoms with E-state index in [4.69, 9.17) is 9.47 Å². The maximum absolute atomic E-state index is 14.6. The quantitative estimate of drug-likeness (QED) is 0.139. The van der Waals surface area contributed by atoms with Crippen LogP contribution in [0.4, 0.5) is 8.78 Å². The summed E-state index contributed by atoms with van der Waals surface area (Å²) in [6.07, 6.45) is 14.9. The Hall–Kier alpha value is -2.43. The third-order valence-corrected chi connectivity index (χ3v) is 6.98. The van der Waals surface area contributed by atoms with E-state index < -0.39 is 18.0 Å². The first-order valence-corrected chi connectivity index (χ1v) is 13.8. The molecule has 0 saturated heterocycles. The fourth-order valence-corrected chi connectivity index (χ4v) is 4.75. The van der Waals surface area contributed by atoms with Crippen LogP contribution in [0.2, 0.25) is 0 Å².